The van der Waals surface area contributed by atoms with E-state index in [0.29, 0.717) is 17.3 Å². The van der Waals surface area contributed by atoms with Crippen LogP contribution in [0.4, 0.5) is 8.78 Å². The van der Waals surface area contributed by atoms with Crippen LogP contribution in [0.1, 0.15) is 21.8 Å². The molecule has 0 radical (unpaired) electrons. The Labute approximate surface area is 153 Å². The van der Waals surface area contributed by atoms with E-state index in [-0.39, 0.29) is 24.4 Å². The Morgan fingerprint density at radius 3 is 2.67 bits per heavy atom. The van der Waals surface area contributed by atoms with Gasteiger partial charge in [-0.1, -0.05) is 23.4 Å². The third-order valence-corrected chi connectivity index (χ3v) is 3.69. The number of nitrogens with one attached hydrogen (secondary N) is 1. The van der Waals surface area contributed by atoms with Crippen molar-refractivity contribution in [3.8, 4) is 11.5 Å². The highest BCUT2D eigenvalue weighted by Crippen LogP contribution is 2.26. The van der Waals surface area contributed by atoms with E-state index >= 15 is 0 Å². The molecule has 1 heterocycles. The van der Waals surface area contributed by atoms with Crippen LogP contribution in [0.15, 0.2) is 53.1 Å². The summed E-state index contributed by atoms with van der Waals surface area (Å²) in [6.07, 6.45) is 0. The molecule has 3 aromatic rings. The van der Waals surface area contributed by atoms with Crippen LogP contribution in [-0.2, 0) is 13.2 Å². The lowest BCUT2D eigenvalue weighted by Crippen LogP contribution is -2.23. The molecule has 0 aliphatic rings. The number of para-hydroxylation sites is 2. The molecule has 0 aliphatic carbocycles. The minimum atomic E-state index is -0.735. The first kappa shape index (κ1) is 18.4. The third kappa shape index (κ3) is 4.60. The molecule has 0 atom stereocenters. The number of halogens is 2. The van der Waals surface area contributed by atoms with Gasteiger partial charge >= 0.3 is 0 Å². The second-order valence-corrected chi connectivity index (χ2v) is 5.54. The number of nitrogens with zero attached hydrogens (tertiary/aromatic N) is 1. The Morgan fingerprint density at radius 1 is 1.15 bits per heavy atom. The fraction of sp³-hybridized carbons (Fsp3) is 0.158. The zero-order chi connectivity index (χ0) is 19.2. The fourth-order valence-electron chi connectivity index (χ4n) is 2.31. The molecule has 1 N–H and O–H groups in total. The first-order valence-corrected chi connectivity index (χ1v) is 8.00. The van der Waals surface area contributed by atoms with Crippen LogP contribution in [0, 0.1) is 11.6 Å². The van der Waals surface area contributed by atoms with Crippen molar-refractivity contribution in [2.24, 2.45) is 0 Å². The number of carbonyl (C=O) groups is 1. The van der Waals surface area contributed by atoms with Gasteiger partial charge in [0.25, 0.3) is 5.91 Å². The topological polar surface area (TPSA) is 73.6 Å². The third-order valence-electron chi connectivity index (χ3n) is 3.69. The summed E-state index contributed by atoms with van der Waals surface area (Å²) in [5.74, 6) is -0.546. The summed E-state index contributed by atoms with van der Waals surface area (Å²) in [5.41, 5.74) is 0.184. The van der Waals surface area contributed by atoms with Gasteiger partial charge in [-0.2, -0.15) is 0 Å². The quantitative estimate of drug-likeness (QED) is 0.686. The molecule has 0 fully saturated rings. The van der Waals surface area contributed by atoms with E-state index in [4.69, 9.17) is 14.0 Å². The second-order valence-electron chi connectivity index (χ2n) is 5.54. The van der Waals surface area contributed by atoms with Crippen LogP contribution in [0.3, 0.4) is 0 Å². The van der Waals surface area contributed by atoms with E-state index in [9.17, 15) is 13.6 Å². The molecule has 0 aliphatic heterocycles. The number of ether oxygens (including phenoxy) is 2. The SMILES string of the molecule is COc1ccccc1OCc1cc(C(=O)NCc2ccc(F)cc2F)no1. The molecule has 3 rings (SSSR count). The number of benzene rings is 2. The summed E-state index contributed by atoms with van der Waals surface area (Å²) in [6, 6.07) is 11.7. The number of aromatic nitrogens is 1. The van der Waals surface area contributed by atoms with Crippen molar-refractivity contribution in [3.05, 3.63) is 77.2 Å². The molecular formula is C19H16F2N2O4. The molecule has 2 aromatic carbocycles. The van der Waals surface area contributed by atoms with Gasteiger partial charge in [-0.05, 0) is 18.2 Å². The molecule has 0 unspecified atom stereocenters. The standard InChI is InChI=1S/C19H16F2N2O4/c1-25-17-4-2-3-5-18(17)26-11-14-9-16(23-27-14)19(24)22-10-12-6-7-13(20)8-15(12)21/h2-9H,10-11H2,1H3,(H,22,24). The van der Waals surface area contributed by atoms with Gasteiger partial charge in [-0.15, -0.1) is 0 Å². The summed E-state index contributed by atoms with van der Waals surface area (Å²) in [5, 5.41) is 6.16. The molecule has 0 spiro atoms. The minimum absolute atomic E-state index is 0.0242. The highest BCUT2D eigenvalue weighted by Gasteiger charge is 2.14. The summed E-state index contributed by atoms with van der Waals surface area (Å²) >= 11 is 0. The maximum absolute atomic E-state index is 13.6. The van der Waals surface area contributed by atoms with Crippen molar-refractivity contribution >= 4 is 5.91 Å². The van der Waals surface area contributed by atoms with Crippen molar-refractivity contribution in [2.45, 2.75) is 13.2 Å². The van der Waals surface area contributed by atoms with Gasteiger partial charge in [-0.25, -0.2) is 8.78 Å². The maximum atomic E-state index is 13.6. The van der Waals surface area contributed by atoms with Gasteiger partial charge < -0.3 is 19.3 Å². The summed E-state index contributed by atoms with van der Waals surface area (Å²) in [6.45, 7) is -0.0574. The number of amides is 1. The van der Waals surface area contributed by atoms with Gasteiger partial charge in [-0.3, -0.25) is 4.79 Å². The van der Waals surface area contributed by atoms with Crippen LogP contribution in [0.25, 0.3) is 0 Å². The van der Waals surface area contributed by atoms with E-state index in [2.05, 4.69) is 10.5 Å². The first-order valence-electron chi connectivity index (χ1n) is 8.00. The van der Waals surface area contributed by atoms with Gasteiger partial charge in [0.1, 0.15) is 18.2 Å². The van der Waals surface area contributed by atoms with Crippen molar-refractivity contribution in [1.29, 1.82) is 0 Å². The Bertz CT molecular complexity index is 943. The largest absolute Gasteiger partial charge is 0.493 e. The van der Waals surface area contributed by atoms with Gasteiger partial charge in [0.15, 0.2) is 23.0 Å². The average molecular weight is 374 g/mol. The number of methoxy groups -OCH3 is 1. The van der Waals surface area contributed by atoms with Crippen molar-refractivity contribution in [2.75, 3.05) is 7.11 Å². The second kappa shape index (κ2) is 8.31. The monoisotopic (exact) mass is 374 g/mol. The van der Waals surface area contributed by atoms with Gasteiger partial charge in [0.2, 0.25) is 0 Å². The number of carbonyl (C=O) groups excluding carboxylic acids is 1. The molecule has 0 saturated carbocycles. The van der Waals surface area contributed by atoms with E-state index in [1.165, 1.54) is 19.2 Å². The van der Waals surface area contributed by atoms with Crippen molar-refractivity contribution in [3.63, 3.8) is 0 Å². The van der Waals surface area contributed by atoms with Crippen LogP contribution >= 0.6 is 0 Å². The molecule has 27 heavy (non-hydrogen) atoms. The van der Waals surface area contributed by atoms with Crippen LogP contribution in [0.2, 0.25) is 0 Å². The lowest BCUT2D eigenvalue weighted by atomic mass is 10.2. The van der Waals surface area contributed by atoms with Crippen molar-refractivity contribution < 1.29 is 27.6 Å². The van der Waals surface area contributed by atoms with Crippen LogP contribution in [0.5, 0.6) is 11.5 Å². The number of rotatable bonds is 7. The first-order chi connectivity index (χ1) is 13.1. The average Bonchev–Trinajstić information content (AvgIpc) is 3.15. The van der Waals surface area contributed by atoms with Crippen molar-refractivity contribution in [1.82, 2.24) is 10.5 Å². The Morgan fingerprint density at radius 2 is 1.93 bits per heavy atom. The molecule has 0 bridgehead atoms. The lowest BCUT2D eigenvalue weighted by molar-refractivity contribution is 0.0941. The highest BCUT2D eigenvalue weighted by molar-refractivity contribution is 5.92. The van der Waals surface area contributed by atoms with Crippen LogP contribution < -0.4 is 14.8 Å². The number of hydrogen-bond acceptors (Lipinski definition) is 5. The smallest absolute Gasteiger partial charge is 0.273 e. The Hall–Kier alpha value is -3.42. The van der Waals surface area contributed by atoms with E-state index in [0.717, 1.165) is 12.1 Å². The number of hydrogen-bond donors (Lipinski definition) is 1. The maximum Gasteiger partial charge on any atom is 0.273 e. The van der Waals surface area contributed by atoms with Gasteiger partial charge in [0, 0.05) is 24.2 Å². The predicted molar refractivity (Wildman–Crippen MR) is 91.4 cm³/mol. The molecular weight excluding hydrogens is 358 g/mol. The summed E-state index contributed by atoms with van der Waals surface area (Å²) in [7, 11) is 1.53. The van der Waals surface area contributed by atoms with E-state index in [1.807, 2.05) is 6.07 Å². The zero-order valence-electron chi connectivity index (χ0n) is 14.4. The highest BCUT2D eigenvalue weighted by atomic mass is 19.1. The minimum Gasteiger partial charge on any atom is -0.493 e. The predicted octanol–water partition coefficient (Wildman–Crippen LogP) is 3.47. The molecule has 0 saturated heterocycles. The Kier molecular flexibility index (Phi) is 5.65. The summed E-state index contributed by atoms with van der Waals surface area (Å²) in [4.78, 5) is 12.1. The fourth-order valence-corrected chi connectivity index (χ4v) is 2.31. The molecule has 1 amide bonds. The molecule has 6 nitrogen and oxygen atoms in total. The summed E-state index contributed by atoms with van der Waals surface area (Å²) < 4.78 is 42.3. The zero-order valence-corrected chi connectivity index (χ0v) is 14.4. The van der Waals surface area contributed by atoms with E-state index in [1.54, 1.807) is 18.2 Å². The normalized spacial score (nSPS) is 10.5. The van der Waals surface area contributed by atoms with Gasteiger partial charge in [0.05, 0.1) is 7.11 Å². The lowest BCUT2D eigenvalue weighted by Gasteiger charge is -2.08. The molecule has 1 aromatic heterocycles. The Balaban J connectivity index is 1.57. The molecule has 8 heteroatoms. The van der Waals surface area contributed by atoms with E-state index < -0.39 is 17.5 Å². The molecule has 140 valence electrons. The van der Waals surface area contributed by atoms with Crippen LogP contribution in [-0.4, -0.2) is 18.2 Å².